The Kier molecular flexibility index (Phi) is 3.50. The standard InChI is InChI=1S/C9H19NO2/c1-4-5-9(2)11-6-8(10-3)7-12-9/h8,10H,4-7H2,1-3H3. The van der Waals surface area contributed by atoms with Gasteiger partial charge in [0.1, 0.15) is 0 Å². The van der Waals surface area contributed by atoms with Crippen LogP contribution in [0, 0.1) is 0 Å². The van der Waals surface area contributed by atoms with Crippen LogP contribution >= 0.6 is 0 Å². The summed E-state index contributed by atoms with van der Waals surface area (Å²) in [5.41, 5.74) is 0. The van der Waals surface area contributed by atoms with Gasteiger partial charge in [0.15, 0.2) is 5.79 Å². The van der Waals surface area contributed by atoms with Gasteiger partial charge >= 0.3 is 0 Å². The molecule has 3 heteroatoms. The predicted molar refractivity (Wildman–Crippen MR) is 48.1 cm³/mol. The van der Waals surface area contributed by atoms with Crippen LogP contribution in [0.4, 0.5) is 0 Å². The van der Waals surface area contributed by atoms with E-state index < -0.39 is 0 Å². The second kappa shape index (κ2) is 4.21. The highest BCUT2D eigenvalue weighted by atomic mass is 16.7. The average Bonchev–Trinajstić information content (AvgIpc) is 2.06. The van der Waals surface area contributed by atoms with Crippen LogP contribution in [0.3, 0.4) is 0 Å². The summed E-state index contributed by atoms with van der Waals surface area (Å²) in [5, 5.41) is 3.13. The SMILES string of the molecule is CCCC1(C)OCC(NC)CO1. The van der Waals surface area contributed by atoms with Crippen molar-refractivity contribution in [3.8, 4) is 0 Å². The van der Waals surface area contributed by atoms with Crippen molar-refractivity contribution in [2.75, 3.05) is 20.3 Å². The molecule has 1 fully saturated rings. The first-order chi connectivity index (χ1) is 5.70. The van der Waals surface area contributed by atoms with Crippen LogP contribution in [-0.4, -0.2) is 32.1 Å². The largest absolute Gasteiger partial charge is 0.349 e. The Labute approximate surface area is 74.4 Å². The molecule has 0 amide bonds. The summed E-state index contributed by atoms with van der Waals surface area (Å²) in [7, 11) is 1.93. The van der Waals surface area contributed by atoms with Crippen LogP contribution in [0.25, 0.3) is 0 Å². The Morgan fingerprint density at radius 1 is 1.42 bits per heavy atom. The summed E-state index contributed by atoms with van der Waals surface area (Å²) in [5.74, 6) is -0.331. The van der Waals surface area contributed by atoms with Gasteiger partial charge in [-0.2, -0.15) is 0 Å². The summed E-state index contributed by atoms with van der Waals surface area (Å²) in [6.45, 7) is 5.67. The van der Waals surface area contributed by atoms with Crippen molar-refractivity contribution in [1.29, 1.82) is 0 Å². The second-order valence-corrected chi connectivity index (χ2v) is 3.49. The summed E-state index contributed by atoms with van der Waals surface area (Å²) in [6, 6.07) is 0.356. The fourth-order valence-electron chi connectivity index (χ4n) is 1.41. The molecule has 3 nitrogen and oxygen atoms in total. The second-order valence-electron chi connectivity index (χ2n) is 3.49. The lowest BCUT2D eigenvalue weighted by atomic mass is 10.1. The zero-order valence-corrected chi connectivity index (χ0v) is 8.22. The van der Waals surface area contributed by atoms with Crippen LogP contribution in [0.2, 0.25) is 0 Å². The third-order valence-corrected chi connectivity index (χ3v) is 2.29. The van der Waals surface area contributed by atoms with Gasteiger partial charge in [-0.15, -0.1) is 0 Å². The smallest absolute Gasteiger partial charge is 0.165 e. The first-order valence-electron chi connectivity index (χ1n) is 4.65. The summed E-state index contributed by atoms with van der Waals surface area (Å²) in [6.07, 6.45) is 2.07. The fourth-order valence-corrected chi connectivity index (χ4v) is 1.41. The van der Waals surface area contributed by atoms with Crippen molar-refractivity contribution in [3.63, 3.8) is 0 Å². The van der Waals surface area contributed by atoms with Crippen molar-refractivity contribution in [2.24, 2.45) is 0 Å². The Bertz CT molecular complexity index is 130. The molecule has 0 atom stereocenters. The predicted octanol–water partition coefficient (Wildman–Crippen LogP) is 1.14. The van der Waals surface area contributed by atoms with Crippen LogP contribution in [0.1, 0.15) is 26.7 Å². The fraction of sp³-hybridized carbons (Fsp3) is 1.00. The molecular formula is C9H19NO2. The van der Waals surface area contributed by atoms with Crippen molar-refractivity contribution < 1.29 is 9.47 Å². The molecule has 0 bridgehead atoms. The van der Waals surface area contributed by atoms with E-state index in [1.807, 2.05) is 14.0 Å². The minimum atomic E-state index is -0.331. The maximum absolute atomic E-state index is 5.62. The average molecular weight is 173 g/mol. The lowest BCUT2D eigenvalue weighted by Crippen LogP contribution is -2.48. The topological polar surface area (TPSA) is 30.5 Å². The summed E-state index contributed by atoms with van der Waals surface area (Å²) >= 11 is 0. The lowest BCUT2D eigenvalue weighted by molar-refractivity contribution is -0.266. The molecule has 0 radical (unpaired) electrons. The van der Waals surface area contributed by atoms with Gasteiger partial charge < -0.3 is 14.8 Å². The number of nitrogens with one attached hydrogen (secondary N) is 1. The molecule has 1 aliphatic heterocycles. The van der Waals surface area contributed by atoms with Crippen molar-refractivity contribution in [2.45, 2.75) is 38.5 Å². The maximum Gasteiger partial charge on any atom is 0.165 e. The zero-order chi connectivity index (χ0) is 9.03. The van der Waals surface area contributed by atoms with Gasteiger partial charge in [0.05, 0.1) is 19.3 Å². The van der Waals surface area contributed by atoms with Crippen LogP contribution in [-0.2, 0) is 9.47 Å². The van der Waals surface area contributed by atoms with E-state index in [1.165, 1.54) is 0 Å². The molecule has 1 rings (SSSR count). The molecule has 0 aromatic carbocycles. The number of rotatable bonds is 3. The lowest BCUT2D eigenvalue weighted by Gasteiger charge is -2.37. The van der Waals surface area contributed by atoms with E-state index >= 15 is 0 Å². The normalized spacial score (nSPS) is 36.8. The minimum absolute atomic E-state index is 0.331. The van der Waals surface area contributed by atoms with E-state index in [9.17, 15) is 0 Å². The Morgan fingerprint density at radius 2 is 2.00 bits per heavy atom. The molecule has 0 aromatic rings. The molecule has 0 saturated carbocycles. The summed E-state index contributed by atoms with van der Waals surface area (Å²) in [4.78, 5) is 0. The zero-order valence-electron chi connectivity index (χ0n) is 8.22. The van der Waals surface area contributed by atoms with Crippen molar-refractivity contribution in [3.05, 3.63) is 0 Å². The number of likely N-dealkylation sites (N-methyl/N-ethyl adjacent to an activating group) is 1. The quantitative estimate of drug-likeness (QED) is 0.694. The van der Waals surface area contributed by atoms with Crippen LogP contribution in [0.5, 0.6) is 0 Å². The molecule has 0 aromatic heterocycles. The third kappa shape index (κ3) is 2.44. The molecular weight excluding hydrogens is 154 g/mol. The van der Waals surface area contributed by atoms with Gasteiger partial charge in [0, 0.05) is 6.42 Å². The van der Waals surface area contributed by atoms with E-state index in [-0.39, 0.29) is 5.79 Å². The maximum atomic E-state index is 5.62. The Balaban J connectivity index is 2.33. The number of ether oxygens (including phenoxy) is 2. The van der Waals surface area contributed by atoms with E-state index in [4.69, 9.17) is 9.47 Å². The molecule has 1 saturated heterocycles. The van der Waals surface area contributed by atoms with Gasteiger partial charge in [-0.3, -0.25) is 0 Å². The molecule has 0 unspecified atom stereocenters. The van der Waals surface area contributed by atoms with Gasteiger partial charge in [0.25, 0.3) is 0 Å². The van der Waals surface area contributed by atoms with Crippen molar-refractivity contribution in [1.82, 2.24) is 5.32 Å². The highest BCUT2D eigenvalue weighted by molar-refractivity contribution is 4.74. The van der Waals surface area contributed by atoms with Gasteiger partial charge in [0.2, 0.25) is 0 Å². The van der Waals surface area contributed by atoms with Gasteiger partial charge in [-0.05, 0) is 14.0 Å². The van der Waals surface area contributed by atoms with Gasteiger partial charge in [-0.1, -0.05) is 13.3 Å². The Hall–Kier alpha value is -0.120. The van der Waals surface area contributed by atoms with E-state index in [1.54, 1.807) is 0 Å². The van der Waals surface area contributed by atoms with Crippen molar-refractivity contribution >= 4 is 0 Å². The highest BCUT2D eigenvalue weighted by Crippen LogP contribution is 2.23. The van der Waals surface area contributed by atoms with E-state index in [0.717, 1.165) is 26.1 Å². The number of hydrogen-bond donors (Lipinski definition) is 1. The summed E-state index contributed by atoms with van der Waals surface area (Å²) < 4.78 is 11.2. The first-order valence-corrected chi connectivity index (χ1v) is 4.65. The monoisotopic (exact) mass is 173 g/mol. The molecule has 12 heavy (non-hydrogen) atoms. The Morgan fingerprint density at radius 3 is 2.42 bits per heavy atom. The van der Waals surface area contributed by atoms with Gasteiger partial charge in [-0.25, -0.2) is 0 Å². The molecule has 1 heterocycles. The molecule has 0 aliphatic carbocycles. The highest BCUT2D eigenvalue weighted by Gasteiger charge is 2.31. The molecule has 1 N–H and O–H groups in total. The molecule has 72 valence electrons. The third-order valence-electron chi connectivity index (χ3n) is 2.29. The number of hydrogen-bond acceptors (Lipinski definition) is 3. The molecule has 0 spiro atoms. The van der Waals surface area contributed by atoms with E-state index in [0.29, 0.717) is 6.04 Å². The van der Waals surface area contributed by atoms with Crippen LogP contribution in [0.15, 0.2) is 0 Å². The minimum Gasteiger partial charge on any atom is -0.349 e. The first kappa shape index (κ1) is 9.96. The van der Waals surface area contributed by atoms with Crippen LogP contribution < -0.4 is 5.32 Å². The van der Waals surface area contributed by atoms with E-state index in [2.05, 4.69) is 12.2 Å². The molecule has 1 aliphatic rings.